The van der Waals surface area contributed by atoms with Crippen molar-refractivity contribution in [2.75, 3.05) is 18.6 Å². The van der Waals surface area contributed by atoms with E-state index in [1.807, 2.05) is 45.2 Å². The second kappa shape index (κ2) is 8.78. The Morgan fingerprint density at radius 3 is 2.48 bits per heavy atom. The number of benzene rings is 1. The minimum atomic E-state index is -1.20. The van der Waals surface area contributed by atoms with E-state index in [1.54, 1.807) is 12.3 Å². The molecule has 0 amide bonds. The summed E-state index contributed by atoms with van der Waals surface area (Å²) in [6, 6.07) is 3.07. The molecule has 0 radical (unpaired) electrons. The highest BCUT2D eigenvalue weighted by Gasteiger charge is 2.19. The van der Waals surface area contributed by atoms with Crippen molar-refractivity contribution in [2.24, 2.45) is 0 Å². The van der Waals surface area contributed by atoms with Crippen LogP contribution in [-0.4, -0.2) is 41.6 Å². The highest BCUT2D eigenvalue weighted by Crippen LogP contribution is 2.28. The number of carboxylic acid groups (broad SMARTS) is 1. The molecule has 1 N–H and O–H groups in total. The molecule has 0 aromatic heterocycles. The first-order valence-electron chi connectivity index (χ1n) is 5.42. The first-order chi connectivity index (χ1) is 9.85. The van der Waals surface area contributed by atoms with Gasteiger partial charge in [-0.1, -0.05) is 0 Å². The molecule has 6 nitrogen and oxygen atoms in total. The van der Waals surface area contributed by atoms with E-state index in [1.165, 1.54) is 17.8 Å². The Morgan fingerprint density at radius 2 is 1.90 bits per heavy atom. The number of esters is 2. The van der Waals surface area contributed by atoms with Gasteiger partial charge in [0.1, 0.15) is 5.56 Å². The quantitative estimate of drug-likeness (QED) is 0.340. The summed E-state index contributed by atoms with van der Waals surface area (Å²) in [5.74, 6) is -2.47. The number of carbonyl (C=O) groups is 3. The summed E-state index contributed by atoms with van der Waals surface area (Å²) >= 11 is 5.12. The number of hydrogen-bond acceptors (Lipinski definition) is 6. The molecule has 0 aliphatic carbocycles. The van der Waals surface area contributed by atoms with Crippen LogP contribution in [-0.2, 0) is 14.3 Å². The van der Waals surface area contributed by atoms with Crippen molar-refractivity contribution in [1.82, 2.24) is 0 Å². The van der Waals surface area contributed by atoms with Crippen LogP contribution in [0.5, 0.6) is 5.75 Å². The van der Waals surface area contributed by atoms with Crippen molar-refractivity contribution in [3.8, 4) is 5.75 Å². The zero-order valence-electron chi connectivity index (χ0n) is 10.7. The zero-order chi connectivity index (χ0) is 16.0. The second-order valence-electron chi connectivity index (χ2n) is 3.64. The number of aromatic carboxylic acids is 1. The number of hydrogen-bond donors (Lipinski definition) is 1. The predicted molar refractivity (Wildman–Crippen MR) is 93.8 cm³/mol. The molecule has 0 aliphatic heterocycles. The standard InChI is InChI=1S/C12H10I2O6S/c1-21-5-10(16)19-4-9(15)20-11-7(12(17)18)2-6(13)3-8(11)14/h2-3H,4-5H2,1H3,(H,17,18). The van der Waals surface area contributed by atoms with Gasteiger partial charge in [0.25, 0.3) is 0 Å². The van der Waals surface area contributed by atoms with Crippen LogP contribution in [0.1, 0.15) is 10.4 Å². The molecule has 1 aromatic carbocycles. The van der Waals surface area contributed by atoms with Gasteiger partial charge in [0.15, 0.2) is 12.4 Å². The van der Waals surface area contributed by atoms with Gasteiger partial charge in [0.05, 0.1) is 9.32 Å². The van der Waals surface area contributed by atoms with E-state index in [2.05, 4.69) is 0 Å². The fourth-order valence-corrected chi connectivity index (χ4v) is 3.54. The van der Waals surface area contributed by atoms with Gasteiger partial charge in [0, 0.05) is 3.57 Å². The molecule has 0 fully saturated rings. The smallest absolute Gasteiger partial charge is 0.349 e. The first kappa shape index (κ1) is 18.5. The lowest BCUT2D eigenvalue weighted by atomic mass is 10.2. The molecule has 0 saturated heterocycles. The number of carboxylic acids is 1. The Labute approximate surface area is 152 Å². The van der Waals surface area contributed by atoms with Gasteiger partial charge in [-0.3, -0.25) is 4.79 Å². The molecule has 9 heteroatoms. The van der Waals surface area contributed by atoms with E-state index in [0.29, 0.717) is 7.14 Å². The van der Waals surface area contributed by atoms with Crippen molar-refractivity contribution in [3.63, 3.8) is 0 Å². The van der Waals surface area contributed by atoms with Crippen LogP contribution in [0.3, 0.4) is 0 Å². The molecular weight excluding hydrogens is 526 g/mol. The van der Waals surface area contributed by atoms with Crippen LogP contribution in [0.15, 0.2) is 12.1 Å². The topological polar surface area (TPSA) is 89.9 Å². The lowest BCUT2D eigenvalue weighted by molar-refractivity contribution is -0.151. The SMILES string of the molecule is CSCC(=O)OCC(=O)Oc1c(I)cc(I)cc1C(=O)O. The minimum Gasteiger partial charge on any atom is -0.478 e. The van der Waals surface area contributed by atoms with E-state index in [4.69, 9.17) is 14.6 Å². The van der Waals surface area contributed by atoms with Gasteiger partial charge >= 0.3 is 17.9 Å². The summed E-state index contributed by atoms with van der Waals surface area (Å²) in [4.78, 5) is 33.9. The zero-order valence-corrected chi connectivity index (χ0v) is 15.9. The summed E-state index contributed by atoms with van der Waals surface area (Å²) in [5.41, 5.74) is -0.116. The molecule has 0 spiro atoms. The van der Waals surface area contributed by atoms with Gasteiger partial charge in [-0.05, 0) is 63.6 Å². The monoisotopic (exact) mass is 536 g/mol. The van der Waals surface area contributed by atoms with Crippen molar-refractivity contribution in [2.45, 2.75) is 0 Å². The van der Waals surface area contributed by atoms with E-state index >= 15 is 0 Å². The number of rotatable bonds is 6. The number of thioether (sulfide) groups is 1. The number of carbonyl (C=O) groups excluding carboxylic acids is 2. The Kier molecular flexibility index (Phi) is 7.73. The van der Waals surface area contributed by atoms with Gasteiger partial charge in [-0.2, -0.15) is 11.8 Å². The fourth-order valence-electron chi connectivity index (χ4n) is 1.27. The maximum Gasteiger partial charge on any atom is 0.349 e. The maximum absolute atomic E-state index is 11.6. The largest absolute Gasteiger partial charge is 0.478 e. The Morgan fingerprint density at radius 1 is 1.24 bits per heavy atom. The fraction of sp³-hybridized carbons (Fsp3) is 0.250. The van der Waals surface area contributed by atoms with Crippen LogP contribution in [0, 0.1) is 7.14 Å². The Balaban J connectivity index is 2.80. The maximum atomic E-state index is 11.6. The molecule has 0 unspecified atom stereocenters. The number of ether oxygens (including phenoxy) is 2. The summed E-state index contributed by atoms with van der Waals surface area (Å²) in [7, 11) is 0. The lowest BCUT2D eigenvalue weighted by Crippen LogP contribution is -2.21. The summed E-state index contributed by atoms with van der Waals surface area (Å²) in [5, 5.41) is 9.13. The molecule has 1 aromatic rings. The van der Waals surface area contributed by atoms with Crippen LogP contribution in [0.2, 0.25) is 0 Å². The average molecular weight is 536 g/mol. The van der Waals surface area contributed by atoms with Crippen molar-refractivity contribution in [3.05, 3.63) is 24.8 Å². The average Bonchev–Trinajstić information content (AvgIpc) is 2.39. The van der Waals surface area contributed by atoms with Gasteiger partial charge in [0.2, 0.25) is 0 Å². The van der Waals surface area contributed by atoms with Crippen molar-refractivity contribution >= 4 is 74.9 Å². The van der Waals surface area contributed by atoms with Gasteiger partial charge < -0.3 is 14.6 Å². The van der Waals surface area contributed by atoms with E-state index in [9.17, 15) is 14.4 Å². The van der Waals surface area contributed by atoms with E-state index in [-0.39, 0.29) is 17.1 Å². The second-order valence-corrected chi connectivity index (χ2v) is 6.91. The molecule has 21 heavy (non-hydrogen) atoms. The van der Waals surface area contributed by atoms with E-state index < -0.39 is 24.5 Å². The molecule has 0 saturated carbocycles. The minimum absolute atomic E-state index is 0.0468. The summed E-state index contributed by atoms with van der Waals surface area (Å²) < 4.78 is 10.9. The first-order valence-corrected chi connectivity index (χ1v) is 8.98. The van der Waals surface area contributed by atoms with Crippen LogP contribution in [0.4, 0.5) is 0 Å². The van der Waals surface area contributed by atoms with Crippen LogP contribution in [0.25, 0.3) is 0 Å². The van der Waals surface area contributed by atoms with Gasteiger partial charge in [-0.25, -0.2) is 9.59 Å². The molecule has 0 heterocycles. The lowest BCUT2D eigenvalue weighted by Gasteiger charge is -2.10. The summed E-state index contributed by atoms with van der Waals surface area (Å²) in [6.07, 6.45) is 1.73. The molecular formula is C12H10I2O6S. The predicted octanol–water partition coefficient (Wildman–Crippen LogP) is 2.41. The van der Waals surface area contributed by atoms with Crippen molar-refractivity contribution < 1.29 is 29.0 Å². The number of halogens is 2. The molecule has 0 bridgehead atoms. The van der Waals surface area contributed by atoms with Crippen LogP contribution < -0.4 is 4.74 Å². The van der Waals surface area contributed by atoms with Crippen molar-refractivity contribution in [1.29, 1.82) is 0 Å². The molecule has 0 aliphatic rings. The highest BCUT2D eigenvalue weighted by molar-refractivity contribution is 14.1. The molecule has 114 valence electrons. The van der Waals surface area contributed by atoms with E-state index in [0.717, 1.165) is 0 Å². The third-order valence-corrected chi connectivity index (χ3v) is 4.02. The Bertz CT molecular complexity index is 575. The summed E-state index contributed by atoms with van der Waals surface area (Å²) in [6.45, 7) is -0.555. The highest BCUT2D eigenvalue weighted by atomic mass is 127. The molecule has 0 atom stereocenters. The third-order valence-electron chi connectivity index (χ3n) is 2.07. The van der Waals surface area contributed by atoms with Gasteiger partial charge in [-0.15, -0.1) is 0 Å². The molecule has 1 rings (SSSR count). The normalized spacial score (nSPS) is 10.0. The Hall–Kier alpha value is -0.560. The van der Waals surface area contributed by atoms with Crippen LogP contribution >= 0.6 is 56.9 Å². The third kappa shape index (κ3) is 5.98.